The predicted molar refractivity (Wildman–Crippen MR) is 85.6 cm³/mol. The van der Waals surface area contributed by atoms with Gasteiger partial charge in [-0.15, -0.1) is 11.8 Å². The lowest BCUT2D eigenvalue weighted by Gasteiger charge is -2.24. The van der Waals surface area contributed by atoms with Crippen molar-refractivity contribution in [1.29, 1.82) is 0 Å². The number of halogens is 2. The molecule has 1 amide bonds. The van der Waals surface area contributed by atoms with Crippen molar-refractivity contribution < 1.29 is 18.3 Å². The highest BCUT2D eigenvalue weighted by Gasteiger charge is 2.33. The maximum absolute atomic E-state index is 14.0. The number of amides is 1. The summed E-state index contributed by atoms with van der Waals surface area (Å²) in [6, 6.07) is 10.3. The first-order chi connectivity index (χ1) is 11.1. The van der Waals surface area contributed by atoms with E-state index in [4.69, 9.17) is 4.74 Å². The quantitative estimate of drug-likeness (QED) is 0.853. The molecule has 1 heterocycles. The number of nitrogens with zero attached hydrogens (tertiary/aromatic N) is 1. The Labute approximate surface area is 137 Å². The summed E-state index contributed by atoms with van der Waals surface area (Å²) in [5, 5.41) is -0.450. The number of rotatable bonds is 3. The van der Waals surface area contributed by atoms with Crippen LogP contribution in [0.15, 0.2) is 42.5 Å². The largest absolute Gasteiger partial charge is 0.497 e. The summed E-state index contributed by atoms with van der Waals surface area (Å²) in [6.07, 6.45) is 0. The highest BCUT2D eigenvalue weighted by molar-refractivity contribution is 7.99. The van der Waals surface area contributed by atoms with Gasteiger partial charge in [0.05, 0.1) is 7.11 Å². The summed E-state index contributed by atoms with van der Waals surface area (Å²) >= 11 is 1.47. The lowest BCUT2D eigenvalue weighted by Crippen LogP contribution is -2.30. The van der Waals surface area contributed by atoms with Gasteiger partial charge >= 0.3 is 0 Å². The van der Waals surface area contributed by atoms with Crippen molar-refractivity contribution in [3.05, 3.63) is 65.2 Å². The molecular formula is C17H15F2NO2S. The molecule has 0 N–H and O–H groups in total. The van der Waals surface area contributed by atoms with Gasteiger partial charge in [-0.25, -0.2) is 8.78 Å². The molecule has 1 atom stereocenters. The van der Waals surface area contributed by atoms with Crippen LogP contribution in [0.2, 0.25) is 0 Å². The van der Waals surface area contributed by atoms with Crippen LogP contribution in [0.4, 0.5) is 8.78 Å². The third kappa shape index (κ3) is 3.17. The van der Waals surface area contributed by atoms with Gasteiger partial charge in [-0.3, -0.25) is 4.79 Å². The third-order valence-electron chi connectivity index (χ3n) is 3.70. The molecule has 0 bridgehead atoms. The predicted octanol–water partition coefficient (Wildman–Crippen LogP) is 3.86. The second-order valence-corrected chi connectivity index (χ2v) is 6.31. The number of thioether (sulfide) groups is 1. The molecule has 0 aromatic heterocycles. The van der Waals surface area contributed by atoms with Crippen molar-refractivity contribution in [3.63, 3.8) is 0 Å². The van der Waals surface area contributed by atoms with Crippen molar-refractivity contribution in [2.75, 3.05) is 19.4 Å². The minimum Gasteiger partial charge on any atom is -0.497 e. The number of carbonyl (C=O) groups excluding carboxylic acids is 1. The zero-order valence-electron chi connectivity index (χ0n) is 12.5. The number of methoxy groups -OCH3 is 1. The molecule has 0 radical (unpaired) electrons. The molecule has 1 aliphatic rings. The molecule has 120 valence electrons. The van der Waals surface area contributed by atoms with E-state index >= 15 is 0 Å². The Bertz CT molecular complexity index is 738. The SMILES string of the molecule is COc1cccc(C(=O)N2CCS[C@H]2c2ccc(F)cc2F)c1. The molecule has 1 fully saturated rings. The molecule has 2 aromatic carbocycles. The van der Waals surface area contributed by atoms with E-state index in [1.807, 2.05) is 0 Å². The monoisotopic (exact) mass is 335 g/mol. The Morgan fingerprint density at radius 1 is 1.26 bits per heavy atom. The lowest BCUT2D eigenvalue weighted by atomic mass is 10.1. The molecule has 1 aliphatic heterocycles. The molecule has 0 unspecified atom stereocenters. The highest BCUT2D eigenvalue weighted by Crippen LogP contribution is 2.40. The topological polar surface area (TPSA) is 29.5 Å². The summed E-state index contributed by atoms with van der Waals surface area (Å²) in [6.45, 7) is 0.516. The van der Waals surface area contributed by atoms with E-state index in [0.29, 0.717) is 29.2 Å². The molecule has 2 aromatic rings. The first-order valence-electron chi connectivity index (χ1n) is 7.11. The molecule has 0 aliphatic carbocycles. The minimum atomic E-state index is -0.632. The van der Waals surface area contributed by atoms with Gasteiger partial charge in [0, 0.05) is 29.5 Å². The molecule has 0 saturated carbocycles. The van der Waals surface area contributed by atoms with Gasteiger partial charge in [-0.2, -0.15) is 0 Å². The van der Waals surface area contributed by atoms with Crippen LogP contribution < -0.4 is 4.74 Å². The number of hydrogen-bond donors (Lipinski definition) is 0. The molecule has 0 spiro atoms. The van der Waals surface area contributed by atoms with Gasteiger partial charge in [0.1, 0.15) is 22.8 Å². The zero-order chi connectivity index (χ0) is 16.4. The normalized spacial score (nSPS) is 17.3. The summed E-state index contributed by atoms with van der Waals surface area (Å²) in [4.78, 5) is 14.3. The Morgan fingerprint density at radius 2 is 2.09 bits per heavy atom. The van der Waals surface area contributed by atoms with Crippen LogP contribution in [-0.2, 0) is 0 Å². The van der Waals surface area contributed by atoms with Crippen molar-refractivity contribution in [3.8, 4) is 5.75 Å². The van der Waals surface area contributed by atoms with Crippen LogP contribution in [0.1, 0.15) is 21.3 Å². The fourth-order valence-corrected chi connectivity index (χ4v) is 3.84. The Morgan fingerprint density at radius 3 is 2.83 bits per heavy atom. The summed E-state index contributed by atoms with van der Waals surface area (Å²) < 4.78 is 32.3. The second kappa shape index (κ2) is 6.58. The molecule has 23 heavy (non-hydrogen) atoms. The van der Waals surface area contributed by atoms with Crippen LogP contribution in [0, 0.1) is 11.6 Å². The average Bonchev–Trinajstić information content (AvgIpc) is 3.03. The number of carbonyl (C=O) groups is 1. The Balaban J connectivity index is 1.90. The summed E-state index contributed by atoms with van der Waals surface area (Å²) in [5.74, 6) is -0.153. The van der Waals surface area contributed by atoms with Gasteiger partial charge < -0.3 is 9.64 Å². The van der Waals surface area contributed by atoms with E-state index in [2.05, 4.69) is 0 Å². The average molecular weight is 335 g/mol. The van der Waals surface area contributed by atoms with Crippen LogP contribution in [0.3, 0.4) is 0 Å². The maximum Gasteiger partial charge on any atom is 0.255 e. The molecular weight excluding hydrogens is 320 g/mol. The van der Waals surface area contributed by atoms with Crippen molar-refractivity contribution in [1.82, 2.24) is 4.90 Å². The number of benzene rings is 2. The van der Waals surface area contributed by atoms with Gasteiger partial charge in [-0.05, 0) is 24.3 Å². The van der Waals surface area contributed by atoms with Gasteiger partial charge in [0.2, 0.25) is 0 Å². The van der Waals surface area contributed by atoms with Crippen molar-refractivity contribution in [2.24, 2.45) is 0 Å². The van der Waals surface area contributed by atoms with Crippen LogP contribution in [-0.4, -0.2) is 30.2 Å². The molecule has 6 heteroatoms. The van der Waals surface area contributed by atoms with Crippen molar-refractivity contribution >= 4 is 17.7 Å². The maximum atomic E-state index is 14.0. The fraction of sp³-hybridized carbons (Fsp3) is 0.235. The molecule has 3 rings (SSSR count). The van der Waals surface area contributed by atoms with E-state index in [1.54, 1.807) is 29.2 Å². The summed E-state index contributed by atoms with van der Waals surface area (Å²) in [5.41, 5.74) is 0.810. The zero-order valence-corrected chi connectivity index (χ0v) is 13.3. The van der Waals surface area contributed by atoms with Crippen LogP contribution >= 0.6 is 11.8 Å². The van der Waals surface area contributed by atoms with E-state index in [-0.39, 0.29) is 5.91 Å². The van der Waals surface area contributed by atoms with E-state index in [1.165, 1.54) is 31.0 Å². The van der Waals surface area contributed by atoms with E-state index in [0.717, 1.165) is 6.07 Å². The lowest BCUT2D eigenvalue weighted by molar-refractivity contribution is 0.0758. The molecule has 1 saturated heterocycles. The Kier molecular flexibility index (Phi) is 4.52. The van der Waals surface area contributed by atoms with Gasteiger partial charge in [0.25, 0.3) is 5.91 Å². The van der Waals surface area contributed by atoms with Crippen LogP contribution in [0.25, 0.3) is 0 Å². The highest BCUT2D eigenvalue weighted by atomic mass is 32.2. The third-order valence-corrected chi connectivity index (χ3v) is 4.94. The second-order valence-electron chi connectivity index (χ2n) is 5.12. The van der Waals surface area contributed by atoms with Crippen molar-refractivity contribution in [2.45, 2.75) is 5.37 Å². The minimum absolute atomic E-state index is 0.192. The number of ether oxygens (including phenoxy) is 1. The van der Waals surface area contributed by atoms with Gasteiger partial charge in [0.15, 0.2) is 0 Å². The van der Waals surface area contributed by atoms with Crippen LogP contribution in [0.5, 0.6) is 5.75 Å². The standard InChI is InChI=1S/C17H15F2NO2S/c1-22-13-4-2-3-11(9-13)16(21)20-7-8-23-17(20)14-6-5-12(18)10-15(14)19/h2-6,9-10,17H,7-8H2,1H3/t17-/m0/s1. The van der Waals surface area contributed by atoms with E-state index < -0.39 is 17.0 Å². The summed E-state index contributed by atoms with van der Waals surface area (Å²) in [7, 11) is 1.53. The fourth-order valence-electron chi connectivity index (χ4n) is 2.56. The number of hydrogen-bond acceptors (Lipinski definition) is 3. The first-order valence-corrected chi connectivity index (χ1v) is 8.16. The first kappa shape index (κ1) is 15.8. The smallest absolute Gasteiger partial charge is 0.255 e. The van der Waals surface area contributed by atoms with E-state index in [9.17, 15) is 13.6 Å². The molecule has 3 nitrogen and oxygen atoms in total. The van der Waals surface area contributed by atoms with Gasteiger partial charge in [-0.1, -0.05) is 12.1 Å². The Hall–Kier alpha value is -2.08.